The molecule has 0 bridgehead atoms. The first kappa shape index (κ1) is 16.4. The van der Waals surface area contributed by atoms with Crippen LogP contribution in [0, 0.1) is 0 Å². The zero-order valence-electron chi connectivity index (χ0n) is 14.3. The molecule has 4 rings (SSSR count). The fourth-order valence-electron chi connectivity index (χ4n) is 4.01. The number of hydrogen-bond acceptors (Lipinski definition) is 3. The van der Waals surface area contributed by atoms with E-state index in [1.165, 1.54) is 0 Å². The van der Waals surface area contributed by atoms with E-state index in [1.807, 2.05) is 35.4 Å². The number of aromatic amines is 1. The van der Waals surface area contributed by atoms with Crippen molar-refractivity contribution in [1.82, 2.24) is 9.88 Å². The van der Waals surface area contributed by atoms with Gasteiger partial charge in [0.25, 0.3) is 5.91 Å². The molecule has 2 unspecified atom stereocenters. The van der Waals surface area contributed by atoms with Gasteiger partial charge < -0.3 is 19.4 Å². The predicted octanol–water partition coefficient (Wildman–Crippen LogP) is 3.13. The van der Waals surface area contributed by atoms with E-state index in [1.54, 1.807) is 6.08 Å². The molecule has 0 saturated carbocycles. The molecule has 2 aromatic rings. The highest BCUT2D eigenvalue weighted by molar-refractivity contribution is 5.98. The first-order valence-electron chi connectivity index (χ1n) is 8.98. The van der Waals surface area contributed by atoms with Crippen LogP contribution < -0.4 is 0 Å². The third-order valence-corrected chi connectivity index (χ3v) is 5.24. The van der Waals surface area contributed by atoms with Gasteiger partial charge in [-0.2, -0.15) is 0 Å². The number of fused-ring (bicyclic) bond motifs is 2. The van der Waals surface area contributed by atoms with Gasteiger partial charge in [0.15, 0.2) is 0 Å². The van der Waals surface area contributed by atoms with Gasteiger partial charge in [0.05, 0.1) is 31.5 Å². The van der Waals surface area contributed by atoms with Crippen LogP contribution in [-0.4, -0.2) is 53.8 Å². The van der Waals surface area contributed by atoms with E-state index < -0.39 is 0 Å². The minimum absolute atomic E-state index is 0.112. The number of benzene rings is 1. The molecular formula is C20H24N2O3. The first-order valence-corrected chi connectivity index (χ1v) is 8.98. The highest BCUT2D eigenvalue weighted by Gasteiger charge is 2.42. The second-order valence-electron chi connectivity index (χ2n) is 6.83. The van der Waals surface area contributed by atoms with E-state index in [9.17, 15) is 4.79 Å². The molecule has 0 spiro atoms. The van der Waals surface area contributed by atoms with E-state index in [-0.39, 0.29) is 24.2 Å². The average Bonchev–Trinajstić information content (AvgIpc) is 3.27. The van der Waals surface area contributed by atoms with Crippen LogP contribution in [0.3, 0.4) is 0 Å². The van der Waals surface area contributed by atoms with Crippen LogP contribution in [0.15, 0.2) is 43.1 Å². The van der Waals surface area contributed by atoms with Gasteiger partial charge >= 0.3 is 0 Å². The fourth-order valence-corrected chi connectivity index (χ4v) is 4.01. The molecule has 25 heavy (non-hydrogen) atoms. The summed E-state index contributed by atoms with van der Waals surface area (Å²) in [4.78, 5) is 18.1. The Bertz CT molecular complexity index is 769. The molecule has 1 aromatic carbocycles. The van der Waals surface area contributed by atoms with Gasteiger partial charge in [-0.05, 0) is 43.5 Å². The largest absolute Gasteiger partial charge is 0.375 e. The molecule has 0 radical (unpaired) electrons. The van der Waals surface area contributed by atoms with Crippen LogP contribution in [0.25, 0.3) is 10.9 Å². The lowest BCUT2D eigenvalue weighted by atomic mass is 9.99. The summed E-state index contributed by atoms with van der Waals surface area (Å²) in [6.45, 7) is 5.58. The highest BCUT2D eigenvalue weighted by atomic mass is 16.5. The summed E-state index contributed by atoms with van der Waals surface area (Å²) < 4.78 is 11.7. The van der Waals surface area contributed by atoms with E-state index in [2.05, 4.69) is 11.6 Å². The van der Waals surface area contributed by atoms with Crippen LogP contribution in [0.5, 0.6) is 0 Å². The second-order valence-corrected chi connectivity index (χ2v) is 6.83. The molecule has 2 aliphatic heterocycles. The van der Waals surface area contributed by atoms with Crippen molar-refractivity contribution in [2.75, 3.05) is 19.8 Å². The molecule has 2 saturated heterocycles. The van der Waals surface area contributed by atoms with E-state index >= 15 is 0 Å². The van der Waals surface area contributed by atoms with Crippen LogP contribution in [0.2, 0.25) is 0 Å². The maximum absolute atomic E-state index is 13.0. The Labute approximate surface area is 147 Å². The normalized spacial score (nSPS) is 25.9. The van der Waals surface area contributed by atoms with E-state index in [0.29, 0.717) is 13.2 Å². The zero-order chi connectivity index (χ0) is 17.2. The number of carbonyl (C=O) groups excluding carboxylic acids is 1. The number of ether oxygens (including phenoxy) is 2. The summed E-state index contributed by atoms with van der Waals surface area (Å²) in [5, 5.41) is 1.07. The molecule has 5 nitrogen and oxygen atoms in total. The van der Waals surface area contributed by atoms with Crippen molar-refractivity contribution in [2.45, 2.75) is 37.5 Å². The SMILES string of the molecule is C=CCOC[C@H]1CCC2C(CCN2C(=O)c2ccc3[nH]ccc3c2)O1. The number of likely N-dealkylation sites (tertiary alicyclic amines) is 1. The number of rotatable bonds is 5. The Morgan fingerprint density at radius 3 is 3.16 bits per heavy atom. The third kappa shape index (κ3) is 3.22. The quantitative estimate of drug-likeness (QED) is 0.672. The molecule has 2 fully saturated rings. The molecule has 2 aliphatic rings. The van der Waals surface area contributed by atoms with E-state index in [0.717, 1.165) is 42.3 Å². The van der Waals surface area contributed by atoms with Crippen molar-refractivity contribution in [1.29, 1.82) is 0 Å². The number of aromatic nitrogens is 1. The number of nitrogens with zero attached hydrogens (tertiary/aromatic N) is 1. The van der Waals surface area contributed by atoms with Crippen molar-refractivity contribution in [2.24, 2.45) is 0 Å². The van der Waals surface area contributed by atoms with Crippen LogP contribution in [0.4, 0.5) is 0 Å². The van der Waals surface area contributed by atoms with Gasteiger partial charge in [-0.3, -0.25) is 4.79 Å². The Morgan fingerprint density at radius 1 is 1.36 bits per heavy atom. The number of amides is 1. The molecule has 3 atom stereocenters. The topological polar surface area (TPSA) is 54.6 Å². The van der Waals surface area contributed by atoms with Crippen molar-refractivity contribution < 1.29 is 14.3 Å². The smallest absolute Gasteiger partial charge is 0.254 e. The molecule has 132 valence electrons. The standard InChI is InChI=1S/C20H24N2O3/c1-2-11-24-13-16-4-6-18-19(25-16)8-10-22(18)20(23)15-3-5-17-14(12-15)7-9-21-17/h2-3,5,7,9,12,16,18-19,21H,1,4,6,8,10-11,13H2/t16-,18?,19?/m1/s1. The Hall–Kier alpha value is -2.11. The molecule has 1 N–H and O–H groups in total. The number of H-pyrrole nitrogens is 1. The number of nitrogens with one attached hydrogen (secondary N) is 1. The summed E-state index contributed by atoms with van der Waals surface area (Å²) in [5.41, 5.74) is 1.81. The third-order valence-electron chi connectivity index (χ3n) is 5.24. The lowest BCUT2D eigenvalue weighted by molar-refractivity contribution is -0.0937. The van der Waals surface area contributed by atoms with Gasteiger partial charge in [-0.1, -0.05) is 6.08 Å². The van der Waals surface area contributed by atoms with Gasteiger partial charge in [0.2, 0.25) is 0 Å². The van der Waals surface area contributed by atoms with Crippen molar-refractivity contribution in [3.63, 3.8) is 0 Å². The first-order chi connectivity index (χ1) is 12.3. The Kier molecular flexibility index (Phi) is 4.59. The van der Waals surface area contributed by atoms with Gasteiger partial charge in [0.1, 0.15) is 0 Å². The predicted molar refractivity (Wildman–Crippen MR) is 96.7 cm³/mol. The van der Waals surface area contributed by atoms with Crippen LogP contribution >= 0.6 is 0 Å². The minimum atomic E-state index is 0.112. The van der Waals surface area contributed by atoms with Crippen molar-refractivity contribution in [3.05, 3.63) is 48.7 Å². The lowest BCUT2D eigenvalue weighted by Crippen LogP contribution is -2.45. The van der Waals surface area contributed by atoms with Crippen molar-refractivity contribution in [3.8, 4) is 0 Å². The van der Waals surface area contributed by atoms with Gasteiger partial charge in [0, 0.05) is 29.2 Å². The lowest BCUT2D eigenvalue weighted by Gasteiger charge is -2.35. The summed E-state index contributed by atoms with van der Waals surface area (Å²) in [6.07, 6.45) is 6.72. The number of hydrogen-bond donors (Lipinski definition) is 1. The summed E-state index contributed by atoms with van der Waals surface area (Å²) >= 11 is 0. The van der Waals surface area contributed by atoms with Gasteiger partial charge in [-0.15, -0.1) is 6.58 Å². The molecule has 5 heteroatoms. The fraction of sp³-hybridized carbons (Fsp3) is 0.450. The zero-order valence-corrected chi connectivity index (χ0v) is 14.3. The Morgan fingerprint density at radius 2 is 2.28 bits per heavy atom. The Balaban J connectivity index is 1.42. The molecule has 1 aromatic heterocycles. The van der Waals surface area contributed by atoms with E-state index in [4.69, 9.17) is 9.47 Å². The minimum Gasteiger partial charge on any atom is -0.375 e. The van der Waals surface area contributed by atoms with Crippen LogP contribution in [-0.2, 0) is 9.47 Å². The monoisotopic (exact) mass is 340 g/mol. The molecule has 3 heterocycles. The molecule has 0 aliphatic carbocycles. The maximum atomic E-state index is 13.0. The van der Waals surface area contributed by atoms with Crippen molar-refractivity contribution >= 4 is 16.8 Å². The highest BCUT2D eigenvalue weighted by Crippen LogP contribution is 2.32. The summed E-state index contributed by atoms with van der Waals surface area (Å²) in [7, 11) is 0. The second kappa shape index (κ2) is 7.02. The maximum Gasteiger partial charge on any atom is 0.254 e. The number of carbonyl (C=O) groups is 1. The van der Waals surface area contributed by atoms with Crippen LogP contribution in [0.1, 0.15) is 29.6 Å². The molecular weight excluding hydrogens is 316 g/mol. The summed E-state index contributed by atoms with van der Waals surface area (Å²) in [5.74, 6) is 0.112. The average molecular weight is 340 g/mol. The molecule has 1 amide bonds. The van der Waals surface area contributed by atoms with Gasteiger partial charge in [-0.25, -0.2) is 0 Å². The summed E-state index contributed by atoms with van der Waals surface area (Å²) in [6, 6.07) is 8.03.